The van der Waals surface area contributed by atoms with Crippen molar-refractivity contribution in [1.29, 1.82) is 5.26 Å². The molecule has 0 aliphatic rings. The van der Waals surface area contributed by atoms with Crippen LogP contribution in [0, 0.1) is 11.5 Å². The SMILES string of the molecule is CNC(=BOC#N)NC. The van der Waals surface area contributed by atoms with E-state index in [1.54, 1.807) is 14.1 Å². The summed E-state index contributed by atoms with van der Waals surface area (Å²) in [5.74, 6) is 0. The van der Waals surface area contributed by atoms with Gasteiger partial charge in [0.25, 0.3) is 0 Å². The minimum atomic E-state index is 0.663. The van der Waals surface area contributed by atoms with Crippen LogP contribution in [0.5, 0.6) is 0 Å². The van der Waals surface area contributed by atoms with E-state index in [1.165, 1.54) is 13.4 Å². The van der Waals surface area contributed by atoms with Crippen molar-refractivity contribution in [1.82, 2.24) is 10.6 Å². The first-order valence-electron chi connectivity index (χ1n) is 2.45. The van der Waals surface area contributed by atoms with E-state index in [-0.39, 0.29) is 0 Å². The summed E-state index contributed by atoms with van der Waals surface area (Å²) < 4.78 is 4.30. The van der Waals surface area contributed by atoms with Gasteiger partial charge in [0.1, 0.15) is 0 Å². The first-order chi connectivity index (χ1) is 4.35. The summed E-state index contributed by atoms with van der Waals surface area (Å²) in [4.78, 5) is 0. The third kappa shape index (κ3) is 3.41. The fourth-order valence-electron chi connectivity index (χ4n) is 0.328. The number of rotatable bonds is 3. The Balaban J connectivity index is 3.64. The van der Waals surface area contributed by atoms with E-state index in [4.69, 9.17) is 5.26 Å². The molecule has 0 fully saturated rings. The second-order valence-corrected chi connectivity index (χ2v) is 1.24. The first-order valence-corrected chi connectivity index (χ1v) is 2.45. The van der Waals surface area contributed by atoms with Crippen molar-refractivity contribution in [3.8, 4) is 6.26 Å². The van der Waals surface area contributed by atoms with E-state index in [9.17, 15) is 0 Å². The third-order valence-electron chi connectivity index (χ3n) is 0.768. The Kier molecular flexibility index (Phi) is 4.32. The zero-order valence-electron chi connectivity index (χ0n) is 5.43. The predicted octanol–water partition coefficient (Wildman–Crippen LogP) is -1.37. The van der Waals surface area contributed by atoms with Crippen molar-refractivity contribution in [3.63, 3.8) is 0 Å². The van der Waals surface area contributed by atoms with E-state index in [2.05, 4.69) is 15.3 Å². The van der Waals surface area contributed by atoms with Crippen LogP contribution >= 0.6 is 0 Å². The van der Waals surface area contributed by atoms with Gasteiger partial charge in [-0.25, -0.2) is 0 Å². The Bertz CT molecular complexity index is 133. The number of nitrogens with one attached hydrogen (secondary N) is 2. The summed E-state index contributed by atoms with van der Waals surface area (Å²) in [6, 6.07) is 0. The number of nitrogens with zero attached hydrogens (tertiary/aromatic N) is 1. The molecule has 0 spiro atoms. The molecule has 0 aliphatic heterocycles. The van der Waals surface area contributed by atoms with Gasteiger partial charge in [0.2, 0.25) is 0 Å². The van der Waals surface area contributed by atoms with E-state index < -0.39 is 0 Å². The van der Waals surface area contributed by atoms with Gasteiger partial charge in [-0.3, -0.25) is 0 Å². The van der Waals surface area contributed by atoms with Crippen LogP contribution in [0.4, 0.5) is 0 Å². The van der Waals surface area contributed by atoms with Gasteiger partial charge >= 0.3 is 53.7 Å². The van der Waals surface area contributed by atoms with Crippen molar-refractivity contribution in [3.05, 3.63) is 0 Å². The third-order valence-corrected chi connectivity index (χ3v) is 0.768. The van der Waals surface area contributed by atoms with Gasteiger partial charge in [0.05, 0.1) is 0 Å². The van der Waals surface area contributed by atoms with Crippen LogP contribution in [0.1, 0.15) is 0 Å². The van der Waals surface area contributed by atoms with E-state index in [0.29, 0.717) is 5.71 Å². The first kappa shape index (κ1) is 7.82. The molecule has 0 aromatic carbocycles. The summed E-state index contributed by atoms with van der Waals surface area (Å²) in [6.07, 6.45) is 1.51. The molecule has 0 bridgehead atoms. The summed E-state index contributed by atoms with van der Waals surface area (Å²) >= 11 is 0. The zero-order valence-corrected chi connectivity index (χ0v) is 5.43. The molecule has 0 aliphatic carbocycles. The van der Waals surface area contributed by atoms with Gasteiger partial charge in [0.15, 0.2) is 0 Å². The van der Waals surface area contributed by atoms with Crippen LogP contribution in [0.3, 0.4) is 0 Å². The van der Waals surface area contributed by atoms with Crippen LogP contribution < -0.4 is 10.6 Å². The number of nitriles is 1. The summed E-state index contributed by atoms with van der Waals surface area (Å²) in [7, 11) is 4.74. The Labute approximate surface area is 54.7 Å². The van der Waals surface area contributed by atoms with Gasteiger partial charge < -0.3 is 0 Å². The van der Waals surface area contributed by atoms with Crippen LogP contribution in [-0.4, -0.2) is 26.9 Å². The molecule has 0 saturated heterocycles. The Morgan fingerprint density at radius 2 is 2.11 bits per heavy atom. The summed E-state index contributed by atoms with van der Waals surface area (Å²) in [5, 5.41) is 13.5. The van der Waals surface area contributed by atoms with E-state index in [0.717, 1.165) is 0 Å². The molecule has 0 amide bonds. The van der Waals surface area contributed by atoms with Crippen molar-refractivity contribution < 1.29 is 4.65 Å². The number of hydrogen-bond acceptors (Lipinski definition) is 4. The average molecular weight is 125 g/mol. The van der Waals surface area contributed by atoms with Crippen LogP contribution in [0.15, 0.2) is 0 Å². The Morgan fingerprint density at radius 1 is 1.56 bits per heavy atom. The average Bonchev–Trinajstić information content (AvgIpc) is 1.91. The molecule has 0 radical (unpaired) electrons. The maximum atomic E-state index is 7.93. The quantitative estimate of drug-likeness (QED) is 0.361. The monoisotopic (exact) mass is 125 g/mol. The molecule has 0 aromatic heterocycles. The molecule has 9 heavy (non-hydrogen) atoms. The van der Waals surface area contributed by atoms with E-state index in [1.807, 2.05) is 0 Å². The van der Waals surface area contributed by atoms with Crippen molar-refractivity contribution in [2.75, 3.05) is 14.1 Å². The predicted molar refractivity (Wildman–Crippen MR) is 35.6 cm³/mol. The molecule has 0 aromatic rings. The Morgan fingerprint density at radius 3 is 2.44 bits per heavy atom. The Hall–Kier alpha value is -1.18. The molecular weight excluding hydrogens is 117 g/mol. The molecule has 5 heteroatoms. The summed E-state index contributed by atoms with van der Waals surface area (Å²) in [6.45, 7) is 0. The normalized spacial score (nSPS) is 6.33. The van der Waals surface area contributed by atoms with Crippen molar-refractivity contribution in [2.45, 2.75) is 0 Å². The van der Waals surface area contributed by atoms with Crippen LogP contribution in [-0.2, 0) is 4.65 Å². The van der Waals surface area contributed by atoms with Gasteiger partial charge in [-0.15, -0.1) is 0 Å². The molecular formula is C4H8BN3O. The fourth-order valence-corrected chi connectivity index (χ4v) is 0.328. The molecule has 0 rings (SSSR count). The fraction of sp³-hybridized carbons (Fsp3) is 0.500. The maximum absolute atomic E-state index is 7.93. The van der Waals surface area contributed by atoms with Gasteiger partial charge in [-0.1, -0.05) is 0 Å². The molecule has 0 heterocycles. The topological polar surface area (TPSA) is 57.1 Å². The molecule has 0 atom stereocenters. The zero-order chi connectivity index (χ0) is 7.11. The van der Waals surface area contributed by atoms with Gasteiger partial charge in [-0.2, -0.15) is 0 Å². The van der Waals surface area contributed by atoms with Gasteiger partial charge in [-0.05, 0) is 0 Å². The minimum absolute atomic E-state index is 0.663. The van der Waals surface area contributed by atoms with Crippen molar-refractivity contribution >= 4 is 12.8 Å². The molecule has 48 valence electrons. The summed E-state index contributed by atoms with van der Waals surface area (Å²) in [5.41, 5.74) is 0.663. The molecule has 0 unspecified atom stereocenters. The second kappa shape index (κ2) is 4.97. The number of hydrogen-bond donors (Lipinski definition) is 2. The molecule has 4 nitrogen and oxygen atoms in total. The molecule has 0 saturated carbocycles. The van der Waals surface area contributed by atoms with Crippen molar-refractivity contribution in [2.24, 2.45) is 0 Å². The van der Waals surface area contributed by atoms with Crippen LogP contribution in [0.25, 0.3) is 0 Å². The molecule has 2 N–H and O–H groups in total. The second-order valence-electron chi connectivity index (χ2n) is 1.24. The standard InChI is InChI=1S/C4H8BN3O/c1-7-4(8-2)5-9-3-6/h7-8H,1-2H3. The van der Waals surface area contributed by atoms with Crippen LogP contribution in [0.2, 0.25) is 0 Å². The van der Waals surface area contributed by atoms with Gasteiger partial charge in [0, 0.05) is 0 Å². The van der Waals surface area contributed by atoms with E-state index >= 15 is 0 Å².